The molecule has 23 heavy (non-hydrogen) atoms. The van der Waals surface area contributed by atoms with Gasteiger partial charge in [-0.1, -0.05) is 12.1 Å². The molecule has 3 rings (SSSR count). The number of aryl methyl sites for hydroxylation is 1. The maximum atomic E-state index is 11.6. The molecule has 0 bridgehead atoms. The van der Waals surface area contributed by atoms with Crippen molar-refractivity contribution in [1.82, 2.24) is 24.8 Å². The van der Waals surface area contributed by atoms with Gasteiger partial charge in [0.1, 0.15) is 0 Å². The van der Waals surface area contributed by atoms with Crippen LogP contribution in [0.5, 0.6) is 0 Å². The quantitative estimate of drug-likeness (QED) is 0.819. The summed E-state index contributed by atoms with van der Waals surface area (Å²) in [5, 5.41) is 4.00. The minimum absolute atomic E-state index is 0.195. The van der Waals surface area contributed by atoms with E-state index in [0.717, 1.165) is 58.1 Å². The molecule has 3 heterocycles. The fraction of sp³-hybridized carbons (Fsp3) is 0.812. The van der Waals surface area contributed by atoms with Crippen molar-refractivity contribution in [3.05, 3.63) is 11.7 Å². The number of carbonyl (C=O) groups excluding carboxylic acids is 1. The molecule has 128 valence electrons. The Labute approximate surface area is 137 Å². The van der Waals surface area contributed by atoms with Gasteiger partial charge < -0.3 is 9.42 Å². The first-order chi connectivity index (χ1) is 11.0. The van der Waals surface area contributed by atoms with Crippen LogP contribution in [0.4, 0.5) is 0 Å². The van der Waals surface area contributed by atoms with Gasteiger partial charge in [-0.15, -0.1) is 0 Å². The summed E-state index contributed by atoms with van der Waals surface area (Å²) in [6, 6.07) is 0.551. The molecule has 7 nitrogen and oxygen atoms in total. The molecule has 1 aromatic rings. The van der Waals surface area contributed by atoms with Gasteiger partial charge in [0, 0.05) is 59.2 Å². The Kier molecular flexibility index (Phi) is 4.96. The fourth-order valence-corrected chi connectivity index (χ4v) is 3.84. The van der Waals surface area contributed by atoms with E-state index in [9.17, 15) is 4.79 Å². The van der Waals surface area contributed by atoms with Crippen LogP contribution in [0.15, 0.2) is 4.52 Å². The lowest BCUT2D eigenvalue weighted by Crippen LogP contribution is -2.43. The normalized spacial score (nSPS) is 27.3. The smallest absolute Gasteiger partial charge is 0.223 e. The largest absolute Gasteiger partial charge is 0.342 e. The first-order valence-corrected chi connectivity index (χ1v) is 8.54. The fourth-order valence-electron chi connectivity index (χ4n) is 3.84. The second-order valence-electron chi connectivity index (χ2n) is 6.86. The molecule has 1 aromatic heterocycles. The summed E-state index contributed by atoms with van der Waals surface area (Å²) < 4.78 is 5.06. The molecular weight excluding hydrogens is 294 g/mol. The summed E-state index contributed by atoms with van der Waals surface area (Å²) in [6.45, 7) is 12.5. The molecule has 2 aliphatic rings. The second-order valence-corrected chi connectivity index (χ2v) is 6.86. The molecule has 0 aromatic carbocycles. The van der Waals surface area contributed by atoms with Crippen LogP contribution >= 0.6 is 0 Å². The van der Waals surface area contributed by atoms with E-state index >= 15 is 0 Å². The third-order valence-electron chi connectivity index (χ3n) is 5.03. The Hall–Kier alpha value is -1.47. The number of rotatable bonds is 3. The molecule has 0 saturated carbocycles. The maximum absolute atomic E-state index is 11.6. The lowest BCUT2D eigenvalue weighted by Gasteiger charge is -2.30. The number of hydrogen-bond acceptors (Lipinski definition) is 6. The molecule has 1 amide bonds. The average molecular weight is 321 g/mol. The van der Waals surface area contributed by atoms with Crippen molar-refractivity contribution in [3.8, 4) is 0 Å². The van der Waals surface area contributed by atoms with Gasteiger partial charge in [-0.3, -0.25) is 14.6 Å². The van der Waals surface area contributed by atoms with E-state index in [-0.39, 0.29) is 5.91 Å². The van der Waals surface area contributed by atoms with Gasteiger partial charge in [0.15, 0.2) is 5.82 Å². The Balaban J connectivity index is 1.57. The summed E-state index contributed by atoms with van der Waals surface area (Å²) >= 11 is 0. The Morgan fingerprint density at radius 3 is 2.78 bits per heavy atom. The van der Waals surface area contributed by atoms with Crippen molar-refractivity contribution in [2.75, 3.05) is 39.3 Å². The Morgan fingerprint density at radius 2 is 2.09 bits per heavy atom. The lowest BCUT2D eigenvalue weighted by molar-refractivity contribution is -0.128. The van der Waals surface area contributed by atoms with E-state index in [0.29, 0.717) is 17.9 Å². The molecule has 0 N–H and O–H groups in total. The van der Waals surface area contributed by atoms with Gasteiger partial charge in [0.05, 0.1) is 6.54 Å². The molecule has 7 heteroatoms. The molecule has 2 atom stereocenters. The molecule has 0 unspecified atom stereocenters. The van der Waals surface area contributed by atoms with Gasteiger partial charge in [-0.2, -0.15) is 4.98 Å². The minimum atomic E-state index is 0.195. The first-order valence-electron chi connectivity index (χ1n) is 8.54. The molecule has 2 fully saturated rings. The van der Waals surface area contributed by atoms with Crippen LogP contribution in [0.2, 0.25) is 0 Å². The number of aromatic nitrogens is 2. The van der Waals surface area contributed by atoms with E-state index in [1.807, 2.05) is 11.8 Å². The van der Waals surface area contributed by atoms with Crippen LogP contribution in [0, 0.1) is 12.8 Å². The van der Waals surface area contributed by atoms with Gasteiger partial charge in [-0.05, 0) is 12.3 Å². The average Bonchev–Trinajstić information content (AvgIpc) is 2.96. The van der Waals surface area contributed by atoms with Gasteiger partial charge in [-0.25, -0.2) is 0 Å². The molecule has 0 radical (unpaired) electrons. The number of nitrogens with zero attached hydrogens (tertiary/aromatic N) is 5. The van der Waals surface area contributed by atoms with E-state index in [1.54, 1.807) is 6.92 Å². The van der Waals surface area contributed by atoms with Crippen LogP contribution in [0.25, 0.3) is 0 Å². The van der Waals surface area contributed by atoms with Crippen molar-refractivity contribution in [2.24, 2.45) is 5.92 Å². The van der Waals surface area contributed by atoms with Gasteiger partial charge in [0.2, 0.25) is 11.8 Å². The van der Waals surface area contributed by atoms with Crippen LogP contribution in [0.1, 0.15) is 32.0 Å². The van der Waals surface area contributed by atoms with E-state index in [2.05, 4.69) is 26.9 Å². The monoisotopic (exact) mass is 321 g/mol. The molecule has 2 aliphatic heterocycles. The summed E-state index contributed by atoms with van der Waals surface area (Å²) in [5.74, 6) is 2.21. The summed E-state index contributed by atoms with van der Waals surface area (Å²) in [4.78, 5) is 22.8. The van der Waals surface area contributed by atoms with E-state index < -0.39 is 0 Å². The van der Waals surface area contributed by atoms with Gasteiger partial charge in [0.25, 0.3) is 0 Å². The van der Waals surface area contributed by atoms with Crippen LogP contribution in [-0.2, 0) is 11.3 Å². The van der Waals surface area contributed by atoms with Crippen LogP contribution in [-0.4, -0.2) is 76.1 Å². The number of hydrogen-bond donors (Lipinski definition) is 0. The number of likely N-dealkylation sites (tertiary alicyclic amines) is 1. The zero-order valence-electron chi connectivity index (χ0n) is 14.4. The first kappa shape index (κ1) is 16.4. The van der Waals surface area contributed by atoms with E-state index in [1.165, 1.54) is 0 Å². The highest BCUT2D eigenvalue weighted by molar-refractivity contribution is 5.73. The van der Waals surface area contributed by atoms with Gasteiger partial charge >= 0.3 is 0 Å². The standard InChI is InChI=1S/C16H27N5O2/c1-12-9-19(11-16-17-13(2)23-18-16)10-15(12)21-6-4-5-20(7-8-21)14(3)22/h12,15H,4-11H2,1-3H3/t12-,15-/m1/s1. The molecule has 2 saturated heterocycles. The van der Waals surface area contributed by atoms with Crippen molar-refractivity contribution in [3.63, 3.8) is 0 Å². The Bertz CT molecular complexity index is 546. The predicted octanol–water partition coefficient (Wildman–Crippen LogP) is 0.753. The van der Waals surface area contributed by atoms with Crippen LogP contribution in [0.3, 0.4) is 0 Å². The maximum Gasteiger partial charge on any atom is 0.223 e. The summed E-state index contributed by atoms with van der Waals surface area (Å²) in [6.07, 6.45) is 1.06. The third kappa shape index (κ3) is 3.90. The van der Waals surface area contributed by atoms with Crippen molar-refractivity contribution < 1.29 is 9.32 Å². The third-order valence-corrected chi connectivity index (χ3v) is 5.03. The highest BCUT2D eigenvalue weighted by atomic mass is 16.5. The van der Waals surface area contributed by atoms with Crippen molar-refractivity contribution in [2.45, 2.75) is 39.8 Å². The second kappa shape index (κ2) is 6.97. The van der Waals surface area contributed by atoms with E-state index in [4.69, 9.17) is 4.52 Å². The minimum Gasteiger partial charge on any atom is -0.342 e. The highest BCUT2D eigenvalue weighted by Crippen LogP contribution is 2.24. The van der Waals surface area contributed by atoms with Crippen LogP contribution < -0.4 is 0 Å². The summed E-state index contributed by atoms with van der Waals surface area (Å²) in [5.41, 5.74) is 0. The molecule has 0 aliphatic carbocycles. The SMILES string of the molecule is CC(=O)N1CCCN([C@@H]2CN(Cc3noc(C)n3)C[C@H]2C)CC1. The molecular formula is C16H27N5O2. The number of carbonyl (C=O) groups is 1. The predicted molar refractivity (Wildman–Crippen MR) is 85.7 cm³/mol. The highest BCUT2D eigenvalue weighted by Gasteiger charge is 2.35. The lowest BCUT2D eigenvalue weighted by atomic mass is 10.0. The zero-order chi connectivity index (χ0) is 16.4. The topological polar surface area (TPSA) is 65.7 Å². The van der Waals surface area contributed by atoms with Crippen molar-refractivity contribution >= 4 is 5.91 Å². The summed E-state index contributed by atoms with van der Waals surface area (Å²) in [7, 11) is 0. The molecule has 0 spiro atoms. The Morgan fingerprint density at radius 1 is 1.26 bits per heavy atom. The number of amides is 1. The zero-order valence-corrected chi connectivity index (χ0v) is 14.4. The van der Waals surface area contributed by atoms with Crippen molar-refractivity contribution in [1.29, 1.82) is 0 Å².